The number of alkyl carbamates (subject to hydrolysis) is 2. The summed E-state index contributed by atoms with van der Waals surface area (Å²) in [6.07, 6.45) is 9.86. The van der Waals surface area contributed by atoms with Crippen LogP contribution >= 0.6 is 0 Å². The van der Waals surface area contributed by atoms with E-state index in [4.69, 9.17) is 20.9 Å². The van der Waals surface area contributed by atoms with Crippen LogP contribution in [0.2, 0.25) is 0 Å². The normalized spacial score (nSPS) is 11.4. The van der Waals surface area contributed by atoms with Gasteiger partial charge in [-0.15, -0.1) is 0 Å². The first kappa shape index (κ1) is 42.9. The molecule has 6 heterocycles. The largest absolute Gasteiger partial charge is 0.450 e. The number of amides is 2. The van der Waals surface area contributed by atoms with Crippen molar-refractivity contribution in [2.45, 2.75) is 85.6 Å². The Labute approximate surface area is 359 Å². The van der Waals surface area contributed by atoms with Crippen LogP contribution in [0, 0.1) is 13.8 Å². The summed E-state index contributed by atoms with van der Waals surface area (Å²) < 4.78 is 18.9. The topological polar surface area (TPSA) is 213 Å². The van der Waals surface area contributed by atoms with Crippen molar-refractivity contribution in [1.82, 2.24) is 53.8 Å². The molecule has 0 aliphatic carbocycles. The Kier molecular flexibility index (Phi) is 13.5. The van der Waals surface area contributed by atoms with Gasteiger partial charge in [0.05, 0.1) is 54.3 Å². The monoisotopic (exact) mass is 841 g/mol. The van der Waals surface area contributed by atoms with Gasteiger partial charge in [0.15, 0.2) is 11.6 Å². The summed E-state index contributed by atoms with van der Waals surface area (Å²) in [5, 5.41) is 6.81. The lowest BCUT2D eigenvalue weighted by molar-refractivity contribution is 0.142. The number of unbranched alkanes of at least 4 members (excludes halogenated alkanes) is 2. The van der Waals surface area contributed by atoms with E-state index in [2.05, 4.69) is 91.9 Å². The molecule has 0 spiro atoms. The van der Waals surface area contributed by atoms with Gasteiger partial charge in [-0.3, -0.25) is 0 Å². The highest BCUT2D eigenvalue weighted by Crippen LogP contribution is 2.22. The van der Waals surface area contributed by atoms with Gasteiger partial charge in [-0.25, -0.2) is 34.5 Å². The standard InChI is InChI=1S/C23H29N7O2.C22H26N6O2/c1-15(2)30-14-26-18-7-6-17(11-19(18)30)12-25-23(31)32-9-5-4-8-29-13-27-21-20(29)10-16(3)28-22(21)24;1-15-11-19-20(21(23)26-15)25-14-28(19)8-3-4-10-30-22(29)24-13-16-5-6-17-7-9-27(2)18(17)12-16/h6-7,10-11,13-15H,4-5,8-9,12H2,1-3H3,(H2,24,28)(H,25,31);5-7,9,11-12,14H,3-4,8,10,13H2,1-2H3,(H2,23,26)(H,24,29). The molecule has 17 heteroatoms. The average molecular weight is 842 g/mol. The minimum absolute atomic E-state index is 0.325. The van der Waals surface area contributed by atoms with E-state index in [1.165, 1.54) is 5.39 Å². The summed E-state index contributed by atoms with van der Waals surface area (Å²) in [6, 6.07) is 18.5. The first-order chi connectivity index (χ1) is 29.9. The van der Waals surface area contributed by atoms with E-state index in [-0.39, 0.29) is 0 Å². The number of imidazole rings is 3. The smallest absolute Gasteiger partial charge is 0.407 e. The number of fused-ring (bicyclic) bond motifs is 4. The van der Waals surface area contributed by atoms with Gasteiger partial charge in [0.25, 0.3) is 0 Å². The molecule has 0 aliphatic heterocycles. The van der Waals surface area contributed by atoms with Crippen LogP contribution < -0.4 is 22.1 Å². The number of benzene rings is 2. The number of hydrogen-bond donors (Lipinski definition) is 4. The van der Waals surface area contributed by atoms with Crippen molar-refractivity contribution in [2.75, 3.05) is 24.7 Å². The third-order valence-corrected chi connectivity index (χ3v) is 10.6. The van der Waals surface area contributed by atoms with Gasteiger partial charge in [-0.1, -0.05) is 18.2 Å². The number of rotatable bonds is 15. The zero-order chi connectivity index (χ0) is 43.8. The Bertz CT molecular complexity index is 2820. The van der Waals surface area contributed by atoms with Crippen molar-refractivity contribution in [3.8, 4) is 0 Å². The Morgan fingerprint density at radius 2 is 1.19 bits per heavy atom. The lowest BCUT2D eigenvalue weighted by Crippen LogP contribution is -2.24. The third kappa shape index (κ3) is 10.4. The highest BCUT2D eigenvalue weighted by Gasteiger charge is 2.11. The van der Waals surface area contributed by atoms with Crippen LogP contribution in [-0.4, -0.2) is 68.6 Å². The molecule has 6 N–H and O–H groups in total. The molecule has 0 atom stereocenters. The maximum absolute atomic E-state index is 12.1. The molecule has 0 saturated heterocycles. The second-order valence-electron chi connectivity index (χ2n) is 15.7. The molecule has 0 radical (unpaired) electrons. The number of hydrogen-bond acceptors (Lipinski definition) is 11. The van der Waals surface area contributed by atoms with Gasteiger partial charge in [0, 0.05) is 62.4 Å². The molecule has 0 bridgehead atoms. The van der Waals surface area contributed by atoms with Crippen molar-refractivity contribution in [2.24, 2.45) is 7.05 Å². The van der Waals surface area contributed by atoms with Crippen molar-refractivity contribution in [3.63, 3.8) is 0 Å². The summed E-state index contributed by atoms with van der Waals surface area (Å²) in [5.41, 5.74) is 22.2. The van der Waals surface area contributed by atoms with Crippen LogP contribution in [0.3, 0.4) is 0 Å². The Morgan fingerprint density at radius 3 is 1.74 bits per heavy atom. The number of carbonyl (C=O) groups is 2. The molecular weight excluding hydrogens is 787 g/mol. The summed E-state index contributed by atoms with van der Waals surface area (Å²) in [7, 11) is 2.01. The van der Waals surface area contributed by atoms with Gasteiger partial charge in [0.2, 0.25) is 0 Å². The fraction of sp³-hybridized carbons (Fsp3) is 0.356. The summed E-state index contributed by atoms with van der Waals surface area (Å²) in [4.78, 5) is 45.6. The molecule has 324 valence electrons. The quantitative estimate of drug-likeness (QED) is 0.0743. The number of anilines is 2. The van der Waals surface area contributed by atoms with Gasteiger partial charge in [0.1, 0.15) is 11.0 Å². The van der Waals surface area contributed by atoms with E-state index in [9.17, 15) is 9.59 Å². The molecular formula is C45H55N13O4. The molecule has 8 aromatic rings. The van der Waals surface area contributed by atoms with Crippen LogP contribution in [0.15, 0.2) is 79.8 Å². The van der Waals surface area contributed by atoms with Crippen molar-refractivity contribution < 1.29 is 19.1 Å². The number of pyridine rings is 2. The molecule has 8 rings (SSSR count). The fourth-order valence-corrected chi connectivity index (χ4v) is 7.34. The number of ether oxygens (including phenoxy) is 2. The predicted molar refractivity (Wildman–Crippen MR) is 241 cm³/mol. The maximum Gasteiger partial charge on any atom is 0.407 e. The summed E-state index contributed by atoms with van der Waals surface area (Å²) in [5.74, 6) is 0.904. The number of nitrogens with two attached hydrogens (primary N) is 2. The van der Waals surface area contributed by atoms with E-state index in [0.29, 0.717) is 44.0 Å². The SMILES string of the molecule is Cc1cc2c(ncn2CCCCOC(=O)NCc2ccc3ccn(C)c3c2)c(N)n1.Cc1cc2c(ncn2CCCCOC(=O)NCc2ccc3ncn(C(C)C)c3c2)c(N)n1. The van der Waals surface area contributed by atoms with E-state index in [1.807, 2.05) is 63.8 Å². The zero-order valence-corrected chi connectivity index (χ0v) is 36.0. The molecule has 0 fully saturated rings. The molecule has 0 unspecified atom stereocenters. The van der Waals surface area contributed by atoms with Crippen molar-refractivity contribution in [3.05, 3.63) is 102 Å². The van der Waals surface area contributed by atoms with Gasteiger partial charge < -0.3 is 49.8 Å². The highest BCUT2D eigenvalue weighted by atomic mass is 16.6. The zero-order valence-electron chi connectivity index (χ0n) is 36.0. The molecule has 0 saturated carbocycles. The van der Waals surface area contributed by atoms with Gasteiger partial charge in [-0.05, 0) is 106 Å². The summed E-state index contributed by atoms with van der Waals surface area (Å²) >= 11 is 0. The minimum atomic E-state index is -0.412. The fourth-order valence-electron chi connectivity index (χ4n) is 7.34. The maximum atomic E-state index is 12.1. The highest BCUT2D eigenvalue weighted by molar-refractivity contribution is 5.86. The van der Waals surface area contributed by atoms with Crippen LogP contribution in [-0.2, 0) is 42.7 Å². The minimum Gasteiger partial charge on any atom is -0.450 e. The first-order valence-corrected chi connectivity index (χ1v) is 20.9. The molecule has 2 amide bonds. The Morgan fingerprint density at radius 1 is 0.661 bits per heavy atom. The van der Waals surface area contributed by atoms with Gasteiger partial charge in [-0.2, -0.15) is 0 Å². The Balaban J connectivity index is 0.000000187. The number of aryl methyl sites for hydroxylation is 5. The lowest BCUT2D eigenvalue weighted by atomic mass is 10.1. The molecule has 6 aromatic heterocycles. The molecule has 62 heavy (non-hydrogen) atoms. The molecule has 17 nitrogen and oxygen atoms in total. The van der Waals surface area contributed by atoms with Crippen LogP contribution in [0.1, 0.15) is 68.1 Å². The average Bonchev–Trinajstić information content (AvgIpc) is 4.05. The van der Waals surface area contributed by atoms with E-state index < -0.39 is 12.2 Å². The number of aromatic nitrogens is 9. The van der Waals surface area contributed by atoms with E-state index in [0.717, 1.165) is 99.9 Å². The number of nitrogens with one attached hydrogen (secondary N) is 2. The van der Waals surface area contributed by atoms with E-state index in [1.54, 1.807) is 12.7 Å². The second-order valence-corrected chi connectivity index (χ2v) is 15.7. The first-order valence-electron chi connectivity index (χ1n) is 20.9. The van der Waals surface area contributed by atoms with Crippen LogP contribution in [0.4, 0.5) is 21.2 Å². The van der Waals surface area contributed by atoms with Crippen LogP contribution in [0.5, 0.6) is 0 Å². The number of nitrogens with zero attached hydrogens (tertiary/aromatic N) is 9. The van der Waals surface area contributed by atoms with Crippen LogP contribution in [0.25, 0.3) is 44.0 Å². The van der Waals surface area contributed by atoms with Gasteiger partial charge >= 0.3 is 12.2 Å². The lowest BCUT2D eigenvalue weighted by Gasteiger charge is -2.10. The van der Waals surface area contributed by atoms with E-state index >= 15 is 0 Å². The second kappa shape index (κ2) is 19.5. The molecule has 0 aliphatic rings. The molecule has 2 aromatic carbocycles. The third-order valence-electron chi connectivity index (χ3n) is 10.6. The predicted octanol–water partition coefficient (Wildman–Crippen LogP) is 7.48. The summed E-state index contributed by atoms with van der Waals surface area (Å²) in [6.45, 7) is 11.2. The van der Waals surface area contributed by atoms with Crippen molar-refractivity contribution >= 4 is 67.8 Å². The number of carbonyl (C=O) groups excluding carboxylic acids is 2. The van der Waals surface area contributed by atoms with Crippen molar-refractivity contribution in [1.29, 1.82) is 0 Å². The number of nitrogen functional groups attached to an aromatic ring is 2. The Hall–Kier alpha value is -7.17.